The predicted octanol–water partition coefficient (Wildman–Crippen LogP) is 4.17. The maximum absolute atomic E-state index is 13.0. The van der Waals surface area contributed by atoms with Gasteiger partial charge in [0, 0.05) is 29.9 Å². The fourth-order valence-electron chi connectivity index (χ4n) is 3.64. The zero-order valence-corrected chi connectivity index (χ0v) is 16.9. The minimum Gasteiger partial charge on any atom is -0.493 e. The van der Waals surface area contributed by atoms with Crippen LogP contribution in [0.2, 0.25) is 10.0 Å². The van der Waals surface area contributed by atoms with E-state index in [0.29, 0.717) is 34.4 Å². The second-order valence-corrected chi connectivity index (χ2v) is 8.04. The summed E-state index contributed by atoms with van der Waals surface area (Å²) in [7, 11) is 0. The molecule has 2 aromatic carbocycles. The van der Waals surface area contributed by atoms with Crippen molar-refractivity contribution in [3.63, 3.8) is 0 Å². The van der Waals surface area contributed by atoms with Crippen molar-refractivity contribution in [2.75, 3.05) is 19.7 Å². The van der Waals surface area contributed by atoms with Crippen LogP contribution in [0.15, 0.2) is 48.5 Å². The Kier molecular flexibility index (Phi) is 6.47. The highest BCUT2D eigenvalue weighted by Gasteiger charge is 2.40. The number of nitrogens with zero attached hydrogens (tertiary/aromatic N) is 1. The van der Waals surface area contributed by atoms with Crippen LogP contribution in [-0.4, -0.2) is 36.4 Å². The first kappa shape index (κ1) is 20.5. The lowest BCUT2D eigenvalue weighted by molar-refractivity contribution is -0.122. The summed E-state index contributed by atoms with van der Waals surface area (Å²) in [5.41, 5.74) is 5.43. The largest absolute Gasteiger partial charge is 0.493 e. The molecule has 0 bridgehead atoms. The average Bonchev–Trinajstić information content (AvgIpc) is 2.67. The normalized spacial score (nSPS) is 19.3. The third-order valence-corrected chi connectivity index (χ3v) is 5.54. The van der Waals surface area contributed by atoms with Crippen molar-refractivity contribution in [3.05, 3.63) is 64.1 Å². The fourth-order valence-corrected chi connectivity index (χ4v) is 3.98. The number of carbonyl (C=O) groups is 2. The molecule has 2 aromatic rings. The number of nitrogens with two attached hydrogens (primary N) is 1. The summed E-state index contributed by atoms with van der Waals surface area (Å²) in [6.45, 7) is 1.27. The number of rotatable bonds is 6. The second-order valence-electron chi connectivity index (χ2n) is 7.20. The van der Waals surface area contributed by atoms with Gasteiger partial charge in [-0.15, -0.1) is 0 Å². The molecule has 5 nitrogen and oxygen atoms in total. The van der Waals surface area contributed by atoms with E-state index in [1.165, 1.54) is 0 Å². The van der Waals surface area contributed by atoms with Crippen molar-refractivity contribution < 1.29 is 14.3 Å². The van der Waals surface area contributed by atoms with Crippen LogP contribution < -0.4 is 10.5 Å². The van der Waals surface area contributed by atoms with E-state index in [4.69, 9.17) is 33.7 Å². The van der Waals surface area contributed by atoms with Crippen LogP contribution in [0.5, 0.6) is 5.75 Å². The molecule has 1 heterocycles. The van der Waals surface area contributed by atoms with Crippen molar-refractivity contribution in [2.24, 2.45) is 11.1 Å². The number of amides is 2. The molecule has 7 heteroatoms. The summed E-state index contributed by atoms with van der Waals surface area (Å²) in [6.07, 6.45) is 1.65. The van der Waals surface area contributed by atoms with E-state index in [1.54, 1.807) is 53.4 Å². The zero-order valence-electron chi connectivity index (χ0n) is 15.4. The third kappa shape index (κ3) is 4.97. The highest BCUT2D eigenvalue weighted by molar-refractivity contribution is 6.33. The molecule has 0 aromatic heterocycles. The van der Waals surface area contributed by atoms with Crippen molar-refractivity contribution in [1.29, 1.82) is 0 Å². The Balaban J connectivity index is 1.77. The number of hydrogen-bond acceptors (Lipinski definition) is 3. The summed E-state index contributed by atoms with van der Waals surface area (Å²) in [6, 6.07) is 14.0. The summed E-state index contributed by atoms with van der Waals surface area (Å²) < 4.78 is 5.93. The van der Waals surface area contributed by atoms with Crippen LogP contribution in [0.3, 0.4) is 0 Å². The third-order valence-electron chi connectivity index (χ3n) is 4.96. The Morgan fingerprint density at radius 2 is 1.82 bits per heavy atom. The minimum absolute atomic E-state index is 0.146. The summed E-state index contributed by atoms with van der Waals surface area (Å²) in [4.78, 5) is 26.5. The van der Waals surface area contributed by atoms with Gasteiger partial charge in [-0.3, -0.25) is 9.59 Å². The van der Waals surface area contributed by atoms with Gasteiger partial charge in [-0.25, -0.2) is 0 Å². The number of hydrogen-bond donors (Lipinski definition) is 1. The molecule has 0 aliphatic carbocycles. The van der Waals surface area contributed by atoms with Gasteiger partial charge in [0.1, 0.15) is 5.75 Å². The zero-order chi connectivity index (χ0) is 20.1. The summed E-state index contributed by atoms with van der Waals surface area (Å²) >= 11 is 12.1. The molecule has 1 aliphatic heterocycles. The first-order valence-corrected chi connectivity index (χ1v) is 9.85. The van der Waals surface area contributed by atoms with Gasteiger partial charge in [0.2, 0.25) is 5.91 Å². The Bertz CT molecular complexity index is 857. The standard InChI is InChI=1S/C21H22Cl2N2O3/c22-15-6-8-16(9-7-15)28-14-21(12-19(24)26)10-3-11-25(13-21)20(27)17-4-1-2-5-18(17)23/h1-2,4-9H,3,10-14H2,(H2,24,26)/t21-/m0/s1. The van der Waals surface area contributed by atoms with Gasteiger partial charge in [-0.05, 0) is 49.2 Å². The first-order valence-electron chi connectivity index (χ1n) is 9.09. The number of halogens is 2. The lowest BCUT2D eigenvalue weighted by atomic mass is 9.77. The number of carbonyl (C=O) groups excluding carboxylic acids is 2. The lowest BCUT2D eigenvalue weighted by Crippen LogP contribution is -2.50. The van der Waals surface area contributed by atoms with Gasteiger partial charge in [-0.2, -0.15) is 0 Å². The molecule has 1 atom stereocenters. The van der Waals surface area contributed by atoms with Gasteiger partial charge in [0.05, 0.1) is 17.2 Å². The van der Waals surface area contributed by atoms with Crippen LogP contribution in [-0.2, 0) is 4.79 Å². The molecule has 0 unspecified atom stereocenters. The topological polar surface area (TPSA) is 72.6 Å². The van der Waals surface area contributed by atoms with Gasteiger partial charge in [0.15, 0.2) is 0 Å². The van der Waals surface area contributed by atoms with E-state index in [-0.39, 0.29) is 18.9 Å². The number of piperidine rings is 1. The number of primary amides is 1. The van der Waals surface area contributed by atoms with E-state index in [1.807, 2.05) is 0 Å². The molecule has 0 radical (unpaired) electrons. The van der Waals surface area contributed by atoms with E-state index in [9.17, 15) is 9.59 Å². The average molecular weight is 421 g/mol. The maximum atomic E-state index is 13.0. The Labute approximate surface area is 174 Å². The molecule has 148 valence electrons. The number of likely N-dealkylation sites (tertiary alicyclic amines) is 1. The Morgan fingerprint density at radius 1 is 1.11 bits per heavy atom. The van der Waals surface area contributed by atoms with Gasteiger partial charge >= 0.3 is 0 Å². The van der Waals surface area contributed by atoms with Crippen LogP contribution in [0.25, 0.3) is 0 Å². The number of ether oxygens (including phenoxy) is 1. The predicted molar refractivity (Wildman–Crippen MR) is 110 cm³/mol. The summed E-state index contributed by atoms with van der Waals surface area (Å²) in [5.74, 6) is 0.0974. The SMILES string of the molecule is NC(=O)C[C@@]1(COc2ccc(Cl)cc2)CCCN(C(=O)c2ccccc2Cl)C1. The molecular weight excluding hydrogens is 399 g/mol. The molecule has 28 heavy (non-hydrogen) atoms. The molecule has 1 aliphatic rings. The molecule has 0 spiro atoms. The Morgan fingerprint density at radius 3 is 2.50 bits per heavy atom. The van der Waals surface area contributed by atoms with Crippen LogP contribution in [0.4, 0.5) is 0 Å². The smallest absolute Gasteiger partial charge is 0.255 e. The van der Waals surface area contributed by atoms with Crippen LogP contribution in [0, 0.1) is 5.41 Å². The van der Waals surface area contributed by atoms with E-state index in [2.05, 4.69) is 0 Å². The maximum Gasteiger partial charge on any atom is 0.255 e. The van der Waals surface area contributed by atoms with Crippen molar-refractivity contribution in [1.82, 2.24) is 4.90 Å². The fraction of sp³-hybridized carbons (Fsp3) is 0.333. The Hall–Kier alpha value is -2.24. The molecular formula is C21H22Cl2N2O3. The van der Waals surface area contributed by atoms with E-state index >= 15 is 0 Å². The van der Waals surface area contributed by atoms with E-state index < -0.39 is 11.3 Å². The van der Waals surface area contributed by atoms with Crippen molar-refractivity contribution in [3.8, 4) is 5.75 Å². The van der Waals surface area contributed by atoms with Gasteiger partial charge < -0.3 is 15.4 Å². The van der Waals surface area contributed by atoms with Crippen LogP contribution >= 0.6 is 23.2 Å². The summed E-state index contributed by atoms with van der Waals surface area (Å²) in [5, 5.41) is 1.03. The molecule has 3 rings (SSSR count). The highest BCUT2D eigenvalue weighted by Crippen LogP contribution is 2.35. The number of benzene rings is 2. The second kappa shape index (κ2) is 8.84. The van der Waals surface area contributed by atoms with Crippen LogP contribution in [0.1, 0.15) is 29.6 Å². The van der Waals surface area contributed by atoms with Crippen molar-refractivity contribution >= 4 is 35.0 Å². The molecule has 2 amide bonds. The highest BCUT2D eigenvalue weighted by atomic mass is 35.5. The molecule has 2 N–H and O–H groups in total. The van der Waals surface area contributed by atoms with Crippen molar-refractivity contribution in [2.45, 2.75) is 19.3 Å². The monoisotopic (exact) mass is 420 g/mol. The first-order chi connectivity index (χ1) is 13.4. The molecule has 1 fully saturated rings. The quantitative estimate of drug-likeness (QED) is 0.761. The van der Waals surface area contributed by atoms with Gasteiger partial charge in [-0.1, -0.05) is 35.3 Å². The molecule has 0 saturated carbocycles. The van der Waals surface area contributed by atoms with E-state index in [0.717, 1.165) is 12.8 Å². The molecule has 1 saturated heterocycles. The minimum atomic E-state index is -0.541. The lowest BCUT2D eigenvalue weighted by Gasteiger charge is -2.42. The van der Waals surface area contributed by atoms with Gasteiger partial charge in [0.25, 0.3) is 5.91 Å².